The van der Waals surface area contributed by atoms with Gasteiger partial charge in [-0.3, -0.25) is 4.79 Å². The van der Waals surface area contributed by atoms with Crippen LogP contribution in [0.5, 0.6) is 0 Å². The van der Waals surface area contributed by atoms with E-state index in [4.69, 9.17) is 5.73 Å². The van der Waals surface area contributed by atoms with Crippen molar-refractivity contribution in [2.24, 2.45) is 17.6 Å². The molecule has 0 radical (unpaired) electrons. The van der Waals surface area contributed by atoms with Gasteiger partial charge in [-0.05, 0) is 44.4 Å². The van der Waals surface area contributed by atoms with E-state index in [1.165, 1.54) is 19.3 Å². The molecule has 1 aliphatic heterocycles. The Bertz CT molecular complexity index is 279. The molecule has 1 heterocycles. The van der Waals surface area contributed by atoms with E-state index in [9.17, 15) is 4.79 Å². The van der Waals surface area contributed by atoms with Crippen molar-refractivity contribution in [1.29, 1.82) is 0 Å². The van der Waals surface area contributed by atoms with E-state index in [2.05, 4.69) is 4.90 Å². The summed E-state index contributed by atoms with van der Waals surface area (Å²) < 4.78 is 0. The number of carbonyl (C=O) groups is 1. The monoisotopic (exact) mass is 208 g/mol. The van der Waals surface area contributed by atoms with Gasteiger partial charge in [0.1, 0.15) is 0 Å². The highest BCUT2D eigenvalue weighted by Crippen LogP contribution is 2.39. The Labute approximate surface area is 91.0 Å². The molecule has 84 valence electrons. The number of hydrogen-bond donors (Lipinski definition) is 1. The molecular formula is C12H20N2O. The van der Waals surface area contributed by atoms with Crippen LogP contribution >= 0.6 is 0 Å². The number of hydrogen-bond acceptors (Lipinski definition) is 2. The summed E-state index contributed by atoms with van der Waals surface area (Å²) in [6.07, 6.45) is 6.84. The fourth-order valence-corrected chi connectivity index (χ4v) is 3.67. The van der Waals surface area contributed by atoms with Gasteiger partial charge in [-0.15, -0.1) is 0 Å². The van der Waals surface area contributed by atoms with E-state index in [-0.39, 0.29) is 12.0 Å². The maximum atomic E-state index is 12.3. The summed E-state index contributed by atoms with van der Waals surface area (Å²) in [4.78, 5) is 14.4. The zero-order valence-corrected chi connectivity index (χ0v) is 9.19. The van der Waals surface area contributed by atoms with Gasteiger partial charge < -0.3 is 10.6 Å². The molecule has 0 aromatic heterocycles. The van der Waals surface area contributed by atoms with Gasteiger partial charge in [-0.25, -0.2) is 0 Å². The molecule has 2 saturated carbocycles. The third-order valence-corrected chi connectivity index (χ3v) is 4.51. The second-order valence-corrected chi connectivity index (χ2v) is 5.59. The number of piperidine rings is 1. The number of fused-ring (bicyclic) bond motifs is 2. The first kappa shape index (κ1) is 9.64. The molecule has 0 aromatic rings. The van der Waals surface area contributed by atoms with Gasteiger partial charge in [-0.2, -0.15) is 0 Å². The number of likely N-dealkylation sites (tertiary alicyclic amines) is 1. The molecule has 2 bridgehead atoms. The number of nitrogens with zero attached hydrogens (tertiary/aromatic N) is 1. The predicted octanol–water partition coefficient (Wildman–Crippen LogP) is 1.12. The van der Waals surface area contributed by atoms with E-state index in [1.807, 2.05) is 0 Å². The highest BCUT2D eigenvalue weighted by atomic mass is 16.2. The summed E-state index contributed by atoms with van der Waals surface area (Å²) in [5, 5.41) is 0. The Morgan fingerprint density at radius 2 is 2.00 bits per heavy atom. The number of amides is 1. The van der Waals surface area contributed by atoms with Crippen LogP contribution in [0.3, 0.4) is 0 Å². The van der Waals surface area contributed by atoms with Gasteiger partial charge >= 0.3 is 0 Å². The van der Waals surface area contributed by atoms with Crippen LogP contribution in [-0.2, 0) is 4.79 Å². The van der Waals surface area contributed by atoms with E-state index in [0.29, 0.717) is 11.9 Å². The van der Waals surface area contributed by atoms with Gasteiger partial charge in [0.05, 0.1) is 0 Å². The predicted molar refractivity (Wildman–Crippen MR) is 58.2 cm³/mol. The lowest BCUT2D eigenvalue weighted by Gasteiger charge is -2.29. The Hall–Kier alpha value is -0.570. The molecule has 3 aliphatic rings. The Morgan fingerprint density at radius 1 is 1.13 bits per heavy atom. The van der Waals surface area contributed by atoms with Gasteiger partial charge in [0.25, 0.3) is 0 Å². The lowest BCUT2D eigenvalue weighted by atomic mass is 10.0. The Balaban J connectivity index is 1.65. The maximum absolute atomic E-state index is 12.3. The number of rotatable bonds is 1. The molecule has 4 unspecified atom stereocenters. The van der Waals surface area contributed by atoms with Crippen LogP contribution in [0.25, 0.3) is 0 Å². The van der Waals surface area contributed by atoms with E-state index in [0.717, 1.165) is 31.7 Å². The molecular weight excluding hydrogens is 188 g/mol. The van der Waals surface area contributed by atoms with Crippen LogP contribution in [0.4, 0.5) is 0 Å². The van der Waals surface area contributed by atoms with Crippen molar-refractivity contribution in [3.8, 4) is 0 Å². The van der Waals surface area contributed by atoms with Gasteiger partial charge in [0.2, 0.25) is 5.91 Å². The molecule has 2 aliphatic carbocycles. The van der Waals surface area contributed by atoms with Crippen molar-refractivity contribution >= 4 is 5.91 Å². The highest BCUT2D eigenvalue weighted by Gasteiger charge is 2.42. The van der Waals surface area contributed by atoms with E-state index >= 15 is 0 Å². The van der Waals surface area contributed by atoms with Crippen molar-refractivity contribution in [3.05, 3.63) is 0 Å². The molecule has 0 spiro atoms. The van der Waals surface area contributed by atoms with E-state index in [1.54, 1.807) is 0 Å². The molecule has 4 atom stereocenters. The number of carbonyl (C=O) groups excluding carboxylic acids is 1. The topological polar surface area (TPSA) is 46.3 Å². The van der Waals surface area contributed by atoms with Crippen LogP contribution in [0, 0.1) is 11.8 Å². The van der Waals surface area contributed by atoms with Gasteiger partial charge in [0.15, 0.2) is 0 Å². The molecule has 3 fully saturated rings. The molecule has 2 N–H and O–H groups in total. The quantitative estimate of drug-likeness (QED) is 0.702. The SMILES string of the molecule is NC1CCC(C(=O)N2CC3CCC2C3)C1. The average molecular weight is 208 g/mol. The lowest BCUT2D eigenvalue weighted by Crippen LogP contribution is -2.41. The number of nitrogens with two attached hydrogens (primary N) is 1. The van der Waals surface area contributed by atoms with Crippen LogP contribution in [-0.4, -0.2) is 29.4 Å². The molecule has 3 heteroatoms. The molecule has 3 rings (SSSR count). The fraction of sp³-hybridized carbons (Fsp3) is 0.917. The Kier molecular flexibility index (Phi) is 2.23. The molecule has 1 amide bonds. The normalized spacial score (nSPS) is 43.9. The minimum atomic E-state index is 0.249. The lowest BCUT2D eigenvalue weighted by molar-refractivity contribution is -0.137. The largest absolute Gasteiger partial charge is 0.339 e. The highest BCUT2D eigenvalue weighted by molar-refractivity contribution is 5.80. The van der Waals surface area contributed by atoms with Crippen LogP contribution in [0.15, 0.2) is 0 Å². The van der Waals surface area contributed by atoms with Crippen LogP contribution in [0.1, 0.15) is 38.5 Å². The van der Waals surface area contributed by atoms with Crippen molar-refractivity contribution in [1.82, 2.24) is 4.90 Å². The maximum Gasteiger partial charge on any atom is 0.225 e. The Morgan fingerprint density at radius 3 is 2.53 bits per heavy atom. The minimum absolute atomic E-state index is 0.249. The fourth-order valence-electron chi connectivity index (χ4n) is 3.67. The second-order valence-electron chi connectivity index (χ2n) is 5.59. The summed E-state index contributed by atoms with van der Waals surface area (Å²) in [5.41, 5.74) is 5.87. The standard InChI is InChI=1S/C12H20N2O/c13-10-3-2-9(6-10)12(15)14-7-8-1-4-11(14)5-8/h8-11H,1-7,13H2. The third kappa shape index (κ3) is 1.57. The molecule has 3 nitrogen and oxygen atoms in total. The zero-order valence-electron chi connectivity index (χ0n) is 9.19. The summed E-state index contributed by atoms with van der Waals surface area (Å²) in [6, 6.07) is 0.859. The van der Waals surface area contributed by atoms with Crippen molar-refractivity contribution in [2.75, 3.05) is 6.54 Å². The third-order valence-electron chi connectivity index (χ3n) is 4.51. The minimum Gasteiger partial charge on any atom is -0.339 e. The van der Waals surface area contributed by atoms with E-state index < -0.39 is 0 Å². The summed E-state index contributed by atoms with van der Waals surface area (Å²) >= 11 is 0. The summed E-state index contributed by atoms with van der Waals surface area (Å²) in [7, 11) is 0. The van der Waals surface area contributed by atoms with Crippen molar-refractivity contribution < 1.29 is 4.79 Å². The van der Waals surface area contributed by atoms with Crippen molar-refractivity contribution in [2.45, 2.75) is 50.6 Å². The summed E-state index contributed by atoms with van der Waals surface area (Å²) in [5.74, 6) is 1.48. The average Bonchev–Trinajstić information content (AvgIpc) is 2.90. The summed E-state index contributed by atoms with van der Waals surface area (Å²) in [6.45, 7) is 1.04. The molecule has 1 saturated heterocycles. The van der Waals surface area contributed by atoms with Gasteiger partial charge in [-0.1, -0.05) is 0 Å². The first-order chi connectivity index (χ1) is 7.24. The first-order valence-corrected chi connectivity index (χ1v) is 6.30. The van der Waals surface area contributed by atoms with Crippen LogP contribution in [0.2, 0.25) is 0 Å². The first-order valence-electron chi connectivity index (χ1n) is 6.30. The molecule has 0 aromatic carbocycles. The van der Waals surface area contributed by atoms with Crippen molar-refractivity contribution in [3.63, 3.8) is 0 Å². The zero-order chi connectivity index (χ0) is 10.4. The smallest absolute Gasteiger partial charge is 0.225 e. The molecule has 15 heavy (non-hydrogen) atoms. The van der Waals surface area contributed by atoms with Gasteiger partial charge in [0, 0.05) is 24.5 Å². The van der Waals surface area contributed by atoms with Crippen LogP contribution < -0.4 is 5.73 Å². The second kappa shape index (κ2) is 3.48.